The molecule has 1 N–H and O–H groups in total. The third kappa shape index (κ3) is 2.28. The van der Waals surface area contributed by atoms with Crippen LogP contribution in [0.3, 0.4) is 0 Å². The van der Waals surface area contributed by atoms with Crippen molar-refractivity contribution >= 4 is 34.6 Å². The molecular formula is C15H12N2O2S. The van der Waals surface area contributed by atoms with Gasteiger partial charge >= 0.3 is 0 Å². The zero-order valence-electron chi connectivity index (χ0n) is 10.8. The largest absolute Gasteiger partial charge is 0.465 e. The topological polar surface area (TPSA) is 57.3 Å². The highest BCUT2D eigenvalue weighted by Gasteiger charge is 2.33. The molecule has 1 aromatic heterocycles. The number of amidine groups is 1. The molecule has 1 amide bonds. The van der Waals surface area contributed by atoms with Crippen LogP contribution in [0.15, 0.2) is 52.0 Å². The standard InChI is InChI=1S/C15H12N2O2S/c1-10-4-6-11(7-5-10)17-14(18)13(20-15(17)16)9-12-3-2-8-19-12/h2-9,16H,1H3/b13-9-,16-15?. The maximum absolute atomic E-state index is 12.4. The van der Waals surface area contributed by atoms with E-state index in [1.54, 1.807) is 24.5 Å². The lowest BCUT2D eigenvalue weighted by Crippen LogP contribution is -2.27. The second-order valence-electron chi connectivity index (χ2n) is 4.41. The lowest BCUT2D eigenvalue weighted by molar-refractivity contribution is -0.113. The van der Waals surface area contributed by atoms with Crippen molar-refractivity contribution in [1.82, 2.24) is 0 Å². The number of benzene rings is 1. The van der Waals surface area contributed by atoms with Crippen LogP contribution in [-0.2, 0) is 4.79 Å². The summed E-state index contributed by atoms with van der Waals surface area (Å²) in [5.41, 5.74) is 1.83. The van der Waals surface area contributed by atoms with Gasteiger partial charge in [-0.15, -0.1) is 0 Å². The Morgan fingerprint density at radius 1 is 1.25 bits per heavy atom. The fraction of sp³-hybridized carbons (Fsp3) is 0.0667. The zero-order valence-corrected chi connectivity index (χ0v) is 11.6. The Morgan fingerprint density at radius 2 is 2.00 bits per heavy atom. The van der Waals surface area contributed by atoms with E-state index in [-0.39, 0.29) is 11.1 Å². The lowest BCUT2D eigenvalue weighted by atomic mass is 10.2. The molecule has 1 aliphatic rings. The Labute approximate surface area is 120 Å². The first-order chi connectivity index (χ1) is 9.65. The molecule has 20 heavy (non-hydrogen) atoms. The van der Waals surface area contributed by atoms with Crippen LogP contribution in [0.1, 0.15) is 11.3 Å². The molecule has 5 heteroatoms. The number of hydrogen-bond donors (Lipinski definition) is 1. The average Bonchev–Trinajstić information content (AvgIpc) is 3.02. The molecule has 1 saturated heterocycles. The second-order valence-corrected chi connectivity index (χ2v) is 5.44. The fourth-order valence-electron chi connectivity index (χ4n) is 1.92. The van der Waals surface area contributed by atoms with Gasteiger partial charge in [0.05, 0.1) is 16.9 Å². The first-order valence-electron chi connectivity index (χ1n) is 6.08. The Kier molecular flexibility index (Phi) is 3.20. The molecule has 1 aromatic carbocycles. The van der Waals surface area contributed by atoms with Gasteiger partial charge in [0, 0.05) is 6.08 Å². The molecule has 0 unspecified atom stereocenters. The summed E-state index contributed by atoms with van der Waals surface area (Å²) in [5, 5.41) is 8.19. The summed E-state index contributed by atoms with van der Waals surface area (Å²) in [6.07, 6.45) is 3.22. The third-order valence-electron chi connectivity index (χ3n) is 2.93. The van der Waals surface area contributed by atoms with Crippen LogP contribution in [-0.4, -0.2) is 11.1 Å². The van der Waals surface area contributed by atoms with E-state index in [0.29, 0.717) is 16.4 Å². The third-order valence-corrected chi connectivity index (χ3v) is 3.82. The van der Waals surface area contributed by atoms with Gasteiger partial charge in [0.25, 0.3) is 5.91 Å². The summed E-state index contributed by atoms with van der Waals surface area (Å²) in [6, 6.07) is 11.1. The van der Waals surface area contributed by atoms with E-state index < -0.39 is 0 Å². The monoisotopic (exact) mass is 284 g/mol. The maximum atomic E-state index is 12.4. The van der Waals surface area contributed by atoms with Crippen molar-refractivity contribution < 1.29 is 9.21 Å². The minimum Gasteiger partial charge on any atom is -0.465 e. The van der Waals surface area contributed by atoms with E-state index in [2.05, 4.69) is 0 Å². The highest BCUT2D eigenvalue weighted by molar-refractivity contribution is 8.19. The number of aryl methyl sites for hydroxylation is 1. The number of nitrogens with zero attached hydrogens (tertiary/aromatic N) is 1. The van der Waals surface area contributed by atoms with Crippen molar-refractivity contribution in [3.63, 3.8) is 0 Å². The Hall–Kier alpha value is -2.27. The lowest BCUT2D eigenvalue weighted by Gasteiger charge is -2.14. The van der Waals surface area contributed by atoms with E-state index in [0.717, 1.165) is 17.3 Å². The molecule has 2 heterocycles. The van der Waals surface area contributed by atoms with Gasteiger partial charge in [0.1, 0.15) is 5.76 Å². The number of amides is 1. The van der Waals surface area contributed by atoms with Gasteiger partial charge in [-0.2, -0.15) is 0 Å². The summed E-state index contributed by atoms with van der Waals surface area (Å²) in [7, 11) is 0. The van der Waals surface area contributed by atoms with Crippen LogP contribution in [0.2, 0.25) is 0 Å². The molecular weight excluding hydrogens is 272 g/mol. The molecule has 3 rings (SSSR count). The van der Waals surface area contributed by atoms with E-state index in [9.17, 15) is 4.79 Å². The maximum Gasteiger partial charge on any atom is 0.271 e. The zero-order chi connectivity index (χ0) is 14.1. The molecule has 0 atom stereocenters. The SMILES string of the molecule is Cc1ccc(N2C(=N)S/C(=C\c3ccco3)C2=O)cc1. The number of thioether (sulfide) groups is 1. The Bertz CT molecular complexity index is 687. The second kappa shape index (κ2) is 5.02. The van der Waals surface area contributed by atoms with Gasteiger partial charge in [0.2, 0.25) is 0 Å². The average molecular weight is 284 g/mol. The van der Waals surface area contributed by atoms with Crippen LogP contribution in [0.25, 0.3) is 6.08 Å². The van der Waals surface area contributed by atoms with E-state index >= 15 is 0 Å². The van der Waals surface area contributed by atoms with Gasteiger partial charge in [-0.25, -0.2) is 0 Å². The highest BCUT2D eigenvalue weighted by atomic mass is 32.2. The number of carbonyl (C=O) groups excluding carboxylic acids is 1. The molecule has 0 radical (unpaired) electrons. The highest BCUT2D eigenvalue weighted by Crippen LogP contribution is 2.35. The minimum atomic E-state index is -0.194. The van der Waals surface area contributed by atoms with Crippen molar-refractivity contribution in [1.29, 1.82) is 5.41 Å². The van der Waals surface area contributed by atoms with Crippen LogP contribution in [0.5, 0.6) is 0 Å². The first-order valence-corrected chi connectivity index (χ1v) is 6.89. The number of anilines is 1. The summed E-state index contributed by atoms with van der Waals surface area (Å²) in [5.74, 6) is 0.416. The van der Waals surface area contributed by atoms with Gasteiger partial charge in [-0.1, -0.05) is 17.7 Å². The first kappa shape index (κ1) is 12.7. The van der Waals surface area contributed by atoms with Crippen LogP contribution < -0.4 is 4.90 Å². The van der Waals surface area contributed by atoms with Crippen LogP contribution >= 0.6 is 11.8 Å². The minimum absolute atomic E-state index is 0.194. The molecule has 2 aromatic rings. The molecule has 0 saturated carbocycles. The molecule has 1 fully saturated rings. The summed E-state index contributed by atoms with van der Waals surface area (Å²) in [6.45, 7) is 1.98. The predicted octanol–water partition coefficient (Wildman–Crippen LogP) is 3.64. The smallest absolute Gasteiger partial charge is 0.271 e. The molecule has 4 nitrogen and oxygen atoms in total. The van der Waals surface area contributed by atoms with Crippen molar-refractivity contribution in [2.75, 3.05) is 4.90 Å². The Morgan fingerprint density at radius 3 is 2.65 bits per heavy atom. The molecule has 0 bridgehead atoms. The van der Waals surface area contributed by atoms with Crippen molar-refractivity contribution in [2.45, 2.75) is 6.92 Å². The van der Waals surface area contributed by atoms with Gasteiger partial charge in [0.15, 0.2) is 5.17 Å². The number of furan rings is 1. The molecule has 100 valence electrons. The summed E-state index contributed by atoms with van der Waals surface area (Å²) in [4.78, 5) is 14.3. The predicted molar refractivity (Wildman–Crippen MR) is 80.7 cm³/mol. The molecule has 0 spiro atoms. The van der Waals surface area contributed by atoms with Gasteiger partial charge in [-0.3, -0.25) is 15.1 Å². The fourth-order valence-corrected chi connectivity index (χ4v) is 2.76. The normalized spacial score (nSPS) is 17.2. The van der Waals surface area contributed by atoms with Crippen molar-refractivity contribution in [3.05, 3.63) is 58.9 Å². The molecule has 1 aliphatic heterocycles. The Balaban J connectivity index is 1.93. The summed E-state index contributed by atoms with van der Waals surface area (Å²) >= 11 is 1.14. The van der Waals surface area contributed by atoms with E-state index in [4.69, 9.17) is 9.83 Å². The number of nitrogens with one attached hydrogen (secondary N) is 1. The number of carbonyl (C=O) groups is 1. The van der Waals surface area contributed by atoms with Gasteiger partial charge < -0.3 is 4.42 Å². The van der Waals surface area contributed by atoms with Crippen LogP contribution in [0.4, 0.5) is 5.69 Å². The van der Waals surface area contributed by atoms with Crippen molar-refractivity contribution in [2.24, 2.45) is 0 Å². The molecule has 0 aliphatic carbocycles. The van der Waals surface area contributed by atoms with E-state index in [1.807, 2.05) is 31.2 Å². The quantitative estimate of drug-likeness (QED) is 0.856. The van der Waals surface area contributed by atoms with Crippen LogP contribution in [0, 0.1) is 12.3 Å². The number of hydrogen-bond acceptors (Lipinski definition) is 4. The summed E-state index contributed by atoms with van der Waals surface area (Å²) < 4.78 is 5.20. The van der Waals surface area contributed by atoms with E-state index in [1.165, 1.54) is 4.90 Å². The van der Waals surface area contributed by atoms with Crippen molar-refractivity contribution in [3.8, 4) is 0 Å². The number of rotatable bonds is 2. The van der Waals surface area contributed by atoms with Gasteiger partial charge in [-0.05, 0) is 43.0 Å².